The molecule has 1 fully saturated rings. The summed E-state index contributed by atoms with van der Waals surface area (Å²) < 4.78 is 38.5. The van der Waals surface area contributed by atoms with E-state index in [4.69, 9.17) is 14.2 Å². The van der Waals surface area contributed by atoms with Crippen molar-refractivity contribution < 1.29 is 32.2 Å². The molecule has 1 amide bonds. The first-order chi connectivity index (χ1) is 12.3. The molecule has 0 saturated carbocycles. The zero-order chi connectivity index (χ0) is 19.3. The van der Waals surface area contributed by atoms with E-state index in [0.717, 1.165) is 0 Å². The molecule has 0 aliphatic carbocycles. The first kappa shape index (κ1) is 20.0. The molecule has 0 bridgehead atoms. The first-order valence-electron chi connectivity index (χ1n) is 8.20. The summed E-state index contributed by atoms with van der Waals surface area (Å²) >= 11 is 0. The van der Waals surface area contributed by atoms with Crippen LogP contribution in [0.5, 0.6) is 11.5 Å². The number of benzene rings is 1. The van der Waals surface area contributed by atoms with Crippen LogP contribution in [0.1, 0.15) is 23.7 Å². The fourth-order valence-electron chi connectivity index (χ4n) is 2.92. The van der Waals surface area contributed by atoms with Crippen molar-refractivity contribution in [1.29, 1.82) is 0 Å². The van der Waals surface area contributed by atoms with Crippen LogP contribution in [0.2, 0.25) is 0 Å². The lowest BCUT2D eigenvalue weighted by Crippen LogP contribution is -2.43. The van der Waals surface area contributed by atoms with Gasteiger partial charge in [-0.3, -0.25) is 4.79 Å². The Kier molecular flexibility index (Phi) is 6.47. The summed E-state index contributed by atoms with van der Waals surface area (Å²) in [4.78, 5) is 26.0. The van der Waals surface area contributed by atoms with E-state index in [2.05, 4.69) is 0 Å². The largest absolute Gasteiger partial charge is 0.493 e. The Bertz CT molecular complexity index is 775. The molecule has 1 atom stereocenters. The fraction of sp³-hybridized carbons (Fsp3) is 0.529. The summed E-state index contributed by atoms with van der Waals surface area (Å²) in [6.07, 6.45) is 0.408. The van der Waals surface area contributed by atoms with Crippen molar-refractivity contribution in [1.82, 2.24) is 4.90 Å². The number of rotatable bonds is 7. The second-order valence-corrected chi connectivity index (χ2v) is 8.11. The van der Waals surface area contributed by atoms with Gasteiger partial charge in [0.2, 0.25) is 0 Å². The molecule has 2 rings (SSSR count). The summed E-state index contributed by atoms with van der Waals surface area (Å²) in [5.41, 5.74) is 0.224. The van der Waals surface area contributed by atoms with Gasteiger partial charge in [0.1, 0.15) is 0 Å². The molecular formula is C17H23NO7S. The minimum Gasteiger partial charge on any atom is -0.493 e. The third-order valence-corrected chi connectivity index (χ3v) is 6.01. The van der Waals surface area contributed by atoms with Gasteiger partial charge >= 0.3 is 5.97 Å². The topological polar surface area (TPSA) is 99.2 Å². The number of likely N-dealkylation sites (N-methyl/N-ethyl adjacent to an activating group) is 1. The molecule has 1 saturated heterocycles. The summed E-state index contributed by atoms with van der Waals surface area (Å²) in [7, 11) is -0.167. The summed E-state index contributed by atoms with van der Waals surface area (Å²) in [5, 5.41) is 0. The van der Waals surface area contributed by atoms with Crippen molar-refractivity contribution in [3.05, 3.63) is 23.8 Å². The van der Waals surface area contributed by atoms with Crippen LogP contribution in [0, 0.1) is 0 Å². The summed E-state index contributed by atoms with van der Waals surface area (Å²) in [6, 6.07) is 4.18. The number of sulfone groups is 1. The van der Waals surface area contributed by atoms with Crippen LogP contribution < -0.4 is 9.47 Å². The van der Waals surface area contributed by atoms with Crippen LogP contribution in [0.15, 0.2) is 18.2 Å². The van der Waals surface area contributed by atoms with Gasteiger partial charge in [-0.25, -0.2) is 13.2 Å². The smallest absolute Gasteiger partial charge is 0.338 e. The Hall–Kier alpha value is -2.29. The molecule has 1 aromatic rings. The Morgan fingerprint density at radius 2 is 1.88 bits per heavy atom. The van der Waals surface area contributed by atoms with Gasteiger partial charge in [0.15, 0.2) is 27.9 Å². The molecule has 1 aromatic carbocycles. The summed E-state index contributed by atoms with van der Waals surface area (Å²) in [6.45, 7) is 1.67. The molecule has 0 N–H and O–H groups in total. The van der Waals surface area contributed by atoms with E-state index in [9.17, 15) is 18.0 Å². The van der Waals surface area contributed by atoms with Gasteiger partial charge in [-0.2, -0.15) is 0 Å². The Morgan fingerprint density at radius 1 is 1.19 bits per heavy atom. The standard InChI is InChI=1S/C17H23NO7S/c1-4-18(13-7-8-26(21,22)11-13)16(19)10-25-17(20)12-5-6-14(23-2)15(9-12)24-3/h5-6,9,13H,4,7-8,10-11H2,1-3H3/t13-/m0/s1. The predicted molar refractivity (Wildman–Crippen MR) is 94.3 cm³/mol. The fourth-order valence-corrected chi connectivity index (χ4v) is 4.65. The van der Waals surface area contributed by atoms with Gasteiger partial charge in [0.25, 0.3) is 5.91 Å². The van der Waals surface area contributed by atoms with Crippen LogP contribution in [0.4, 0.5) is 0 Å². The summed E-state index contributed by atoms with van der Waals surface area (Å²) in [5.74, 6) is -0.208. The van der Waals surface area contributed by atoms with Gasteiger partial charge < -0.3 is 19.1 Å². The van der Waals surface area contributed by atoms with E-state index < -0.39 is 28.3 Å². The third kappa shape index (κ3) is 4.66. The van der Waals surface area contributed by atoms with E-state index in [0.29, 0.717) is 24.5 Å². The van der Waals surface area contributed by atoms with E-state index in [1.807, 2.05) is 0 Å². The average Bonchev–Trinajstić information content (AvgIpc) is 2.99. The number of amides is 1. The van der Waals surface area contributed by atoms with Crippen LogP contribution in [-0.4, -0.2) is 70.1 Å². The van der Waals surface area contributed by atoms with Crippen LogP contribution in [0.3, 0.4) is 0 Å². The number of hydrogen-bond donors (Lipinski definition) is 0. The monoisotopic (exact) mass is 385 g/mol. The van der Waals surface area contributed by atoms with Crippen molar-refractivity contribution in [2.75, 3.05) is 38.9 Å². The highest BCUT2D eigenvalue weighted by atomic mass is 32.2. The molecule has 0 radical (unpaired) electrons. The molecule has 0 spiro atoms. The number of nitrogens with zero attached hydrogens (tertiary/aromatic N) is 1. The maximum absolute atomic E-state index is 12.3. The zero-order valence-electron chi connectivity index (χ0n) is 15.1. The minimum atomic E-state index is -3.10. The van der Waals surface area contributed by atoms with Gasteiger partial charge in [0.05, 0.1) is 31.3 Å². The number of methoxy groups -OCH3 is 2. The zero-order valence-corrected chi connectivity index (χ0v) is 15.9. The van der Waals surface area contributed by atoms with Crippen molar-refractivity contribution in [2.24, 2.45) is 0 Å². The third-order valence-electron chi connectivity index (χ3n) is 4.26. The second-order valence-electron chi connectivity index (χ2n) is 5.88. The average molecular weight is 385 g/mol. The molecule has 9 heteroatoms. The predicted octanol–water partition coefficient (Wildman–Crippen LogP) is 0.896. The quantitative estimate of drug-likeness (QED) is 0.643. The SMILES string of the molecule is CCN(C(=O)COC(=O)c1ccc(OC)c(OC)c1)[C@H]1CCS(=O)(=O)C1. The molecule has 0 aromatic heterocycles. The number of ether oxygens (including phenoxy) is 3. The van der Waals surface area contributed by atoms with Gasteiger partial charge in [0, 0.05) is 12.6 Å². The molecule has 0 unspecified atom stereocenters. The normalized spacial score (nSPS) is 18.2. The number of carbonyl (C=O) groups excluding carboxylic acids is 2. The highest BCUT2D eigenvalue weighted by Crippen LogP contribution is 2.27. The van der Waals surface area contributed by atoms with Gasteiger partial charge in [-0.1, -0.05) is 0 Å². The van der Waals surface area contributed by atoms with Crippen molar-refractivity contribution in [2.45, 2.75) is 19.4 Å². The number of esters is 1. The van der Waals surface area contributed by atoms with Crippen molar-refractivity contribution in [3.8, 4) is 11.5 Å². The van der Waals surface area contributed by atoms with E-state index in [1.165, 1.54) is 31.3 Å². The maximum Gasteiger partial charge on any atom is 0.338 e. The number of carbonyl (C=O) groups is 2. The van der Waals surface area contributed by atoms with E-state index >= 15 is 0 Å². The molecular weight excluding hydrogens is 362 g/mol. The van der Waals surface area contributed by atoms with Crippen LogP contribution in [-0.2, 0) is 19.4 Å². The van der Waals surface area contributed by atoms with Gasteiger partial charge in [-0.05, 0) is 31.5 Å². The lowest BCUT2D eigenvalue weighted by atomic mass is 10.2. The Morgan fingerprint density at radius 3 is 2.42 bits per heavy atom. The van der Waals surface area contributed by atoms with Crippen molar-refractivity contribution in [3.63, 3.8) is 0 Å². The number of hydrogen-bond acceptors (Lipinski definition) is 7. The Labute approximate surface area is 152 Å². The molecule has 1 aliphatic rings. The molecule has 26 heavy (non-hydrogen) atoms. The molecule has 8 nitrogen and oxygen atoms in total. The van der Waals surface area contributed by atoms with Crippen LogP contribution >= 0.6 is 0 Å². The van der Waals surface area contributed by atoms with Crippen molar-refractivity contribution >= 4 is 21.7 Å². The molecule has 144 valence electrons. The van der Waals surface area contributed by atoms with E-state index in [1.54, 1.807) is 13.0 Å². The van der Waals surface area contributed by atoms with Gasteiger partial charge in [-0.15, -0.1) is 0 Å². The lowest BCUT2D eigenvalue weighted by Gasteiger charge is -2.26. The first-order valence-corrected chi connectivity index (χ1v) is 10.0. The Balaban J connectivity index is 1.98. The van der Waals surface area contributed by atoms with Crippen LogP contribution in [0.25, 0.3) is 0 Å². The van der Waals surface area contributed by atoms with E-state index in [-0.39, 0.29) is 23.1 Å². The molecule has 1 heterocycles. The minimum absolute atomic E-state index is 0.0454. The maximum atomic E-state index is 12.3. The second kappa shape index (κ2) is 8.39. The molecule has 1 aliphatic heterocycles. The lowest BCUT2D eigenvalue weighted by molar-refractivity contribution is -0.136. The highest BCUT2D eigenvalue weighted by Gasteiger charge is 2.34. The highest BCUT2D eigenvalue weighted by molar-refractivity contribution is 7.91.